The number of rotatable bonds is 0. The zero-order valence-electron chi connectivity index (χ0n) is 3.20. The van der Waals surface area contributed by atoms with Gasteiger partial charge in [0.25, 0.3) is 0 Å². The molecule has 44 valence electrons. The second-order valence-electron chi connectivity index (χ2n) is 0.600. The van der Waals surface area contributed by atoms with E-state index in [2.05, 4.69) is 5.59 Å². The molecule has 0 bridgehead atoms. The van der Waals surface area contributed by atoms with Crippen molar-refractivity contribution >= 4 is 9.05 Å². The fraction of sp³-hybridized carbons (Fsp3) is 0. The van der Waals surface area contributed by atoms with Crippen molar-refractivity contribution in [3.05, 3.63) is 4.91 Å². The van der Waals surface area contributed by atoms with Crippen LogP contribution in [0.3, 0.4) is 0 Å². The second kappa shape index (κ2) is 3.83. The largest absolute Gasteiger partial charge is 0.668 e. The molecular weight excluding hydrogens is 122 g/mol. The Morgan fingerprint density at radius 3 is 1.00 bits per heavy atom. The monoisotopic (exact) mass is 127 g/mol. The highest BCUT2D eigenvalue weighted by Gasteiger charge is 2.22. The quantitative estimate of drug-likeness (QED) is 0.185. The third-order valence-electron chi connectivity index (χ3n) is 0. The molecule has 0 aliphatic rings. The Hall–Kier alpha value is -0.343. The van der Waals surface area contributed by atoms with Crippen LogP contribution in [-0.4, -0.2) is 28.2 Å². The number of hydrogen-bond acceptors (Lipinski definition) is 6. The number of hydrogen-bond donors (Lipinski definition) is 5. The van der Waals surface area contributed by atoms with Crippen LogP contribution in [0.15, 0.2) is 0 Å². The highest BCUT2D eigenvalue weighted by Crippen LogP contribution is 1.67. The molecule has 0 amide bonds. The van der Waals surface area contributed by atoms with Crippen molar-refractivity contribution in [1.29, 1.82) is 5.59 Å². The Bertz CT molecular complexity index is 31.8. The minimum Gasteiger partial charge on any atom is -0.368 e. The summed E-state index contributed by atoms with van der Waals surface area (Å²) in [5.74, 6) is 0. The Balaban J connectivity index is 0. The van der Waals surface area contributed by atoms with E-state index in [0.29, 0.717) is 0 Å². The van der Waals surface area contributed by atoms with Gasteiger partial charge in [-0.1, -0.05) is 5.59 Å². The molecule has 0 aromatic heterocycles. The van der Waals surface area contributed by atoms with Gasteiger partial charge in [0.05, 0.1) is 0 Å². The van der Waals surface area contributed by atoms with Crippen LogP contribution in [0.4, 0.5) is 0 Å². The summed E-state index contributed by atoms with van der Waals surface area (Å²) in [5, 5.41) is 0. The lowest BCUT2D eigenvalue weighted by Crippen LogP contribution is -2.33. The van der Waals surface area contributed by atoms with Gasteiger partial charge in [0.15, 0.2) is 0 Å². The van der Waals surface area contributed by atoms with Gasteiger partial charge in [0.2, 0.25) is 0 Å². The van der Waals surface area contributed by atoms with E-state index in [1.54, 1.807) is 0 Å². The molecule has 0 spiro atoms. The van der Waals surface area contributed by atoms with Gasteiger partial charge in [-0.3, -0.25) is 0 Å². The van der Waals surface area contributed by atoms with Crippen molar-refractivity contribution in [3.8, 4) is 0 Å². The van der Waals surface area contributed by atoms with Gasteiger partial charge in [0, 0.05) is 0 Å². The molecule has 6 nitrogen and oxygen atoms in total. The molecule has 0 atom stereocenters. The first-order chi connectivity index (χ1) is 3.00. The zero-order chi connectivity index (χ0) is 6.50. The Kier molecular flexibility index (Phi) is 5.38. The average molecular weight is 127 g/mol. The minimum absolute atomic E-state index is 4.50. The van der Waals surface area contributed by atoms with Crippen LogP contribution in [0.5, 0.6) is 0 Å². The fourth-order valence-electron chi connectivity index (χ4n) is 0. The molecule has 0 aliphatic carbocycles. The molecule has 0 aromatic rings. The van der Waals surface area contributed by atoms with E-state index in [-0.39, 0.29) is 0 Å². The van der Waals surface area contributed by atoms with Crippen LogP contribution in [0.2, 0.25) is 0 Å². The first-order valence-corrected chi connectivity index (χ1v) is 2.89. The van der Waals surface area contributed by atoms with Crippen LogP contribution < -0.4 is 0 Å². The third-order valence-corrected chi connectivity index (χ3v) is 0. The average Bonchev–Trinajstić information content (AvgIpc) is 1.36. The molecular formula is H5NO5Si. The van der Waals surface area contributed by atoms with Crippen molar-refractivity contribution in [2.45, 2.75) is 0 Å². The molecule has 0 fully saturated rings. The molecule has 0 heterocycles. The van der Waals surface area contributed by atoms with Crippen LogP contribution in [0.25, 0.3) is 0 Å². The van der Waals surface area contributed by atoms with Crippen LogP contribution in [-0.2, 0) is 0 Å². The standard InChI is InChI=1S/HNO.H4O4Si/c1-2;1-5(2,3)4/h1H;1-4H. The van der Waals surface area contributed by atoms with E-state index in [9.17, 15) is 0 Å². The number of nitroso groups, excluding NO2 is 1. The van der Waals surface area contributed by atoms with Crippen molar-refractivity contribution in [1.82, 2.24) is 0 Å². The maximum Gasteiger partial charge on any atom is 0.668 e. The molecule has 5 N–H and O–H groups in total. The molecule has 0 rings (SSSR count). The van der Waals surface area contributed by atoms with Gasteiger partial charge in [-0.2, -0.15) is 4.91 Å². The minimum atomic E-state index is -4.61. The maximum atomic E-state index is 7.50. The third kappa shape index (κ3) is 643. The van der Waals surface area contributed by atoms with E-state index in [1.807, 2.05) is 0 Å². The van der Waals surface area contributed by atoms with Gasteiger partial charge in [-0.15, -0.1) is 0 Å². The van der Waals surface area contributed by atoms with Gasteiger partial charge >= 0.3 is 9.05 Å². The molecule has 7 heteroatoms. The lowest BCUT2D eigenvalue weighted by atomic mass is 13.8. The summed E-state index contributed by atoms with van der Waals surface area (Å²) < 4.78 is 0. The van der Waals surface area contributed by atoms with Gasteiger partial charge in [-0.05, 0) is 0 Å². The SMILES string of the molecule is N=O.O[Si](O)(O)O. The summed E-state index contributed by atoms with van der Waals surface area (Å²) >= 11 is 0. The highest BCUT2D eigenvalue weighted by atomic mass is 28.4. The Labute approximate surface area is 39.9 Å². The summed E-state index contributed by atoms with van der Waals surface area (Å²) in [4.78, 5) is 36.8. The van der Waals surface area contributed by atoms with E-state index < -0.39 is 9.05 Å². The van der Waals surface area contributed by atoms with Crippen LogP contribution >= 0.6 is 0 Å². The Morgan fingerprint density at radius 1 is 1.00 bits per heavy atom. The molecule has 0 saturated carbocycles. The maximum absolute atomic E-state index is 7.50. The first-order valence-electron chi connectivity index (χ1n) is 1.10. The van der Waals surface area contributed by atoms with Crippen molar-refractivity contribution < 1.29 is 19.2 Å². The van der Waals surface area contributed by atoms with Gasteiger partial charge in [0.1, 0.15) is 0 Å². The van der Waals surface area contributed by atoms with E-state index in [1.165, 1.54) is 0 Å². The summed E-state index contributed by atoms with van der Waals surface area (Å²) in [6.45, 7) is 0. The smallest absolute Gasteiger partial charge is 0.368 e. The van der Waals surface area contributed by atoms with E-state index >= 15 is 0 Å². The second-order valence-corrected chi connectivity index (χ2v) is 1.80. The van der Waals surface area contributed by atoms with E-state index in [0.717, 1.165) is 0 Å². The van der Waals surface area contributed by atoms with E-state index in [4.69, 9.17) is 24.1 Å². The zero-order valence-corrected chi connectivity index (χ0v) is 4.20. The summed E-state index contributed by atoms with van der Waals surface area (Å²) in [7, 11) is -4.61. The summed E-state index contributed by atoms with van der Waals surface area (Å²) in [6.07, 6.45) is 0. The predicted molar refractivity (Wildman–Crippen MR) is 20.7 cm³/mol. The first kappa shape index (κ1) is 9.82. The molecule has 0 saturated heterocycles. The highest BCUT2D eigenvalue weighted by molar-refractivity contribution is 6.46. The fourth-order valence-corrected chi connectivity index (χ4v) is 0. The van der Waals surface area contributed by atoms with Crippen LogP contribution in [0, 0.1) is 10.5 Å². The van der Waals surface area contributed by atoms with Gasteiger partial charge in [-0.25, -0.2) is 0 Å². The molecule has 7 heavy (non-hydrogen) atoms. The summed E-state index contributed by atoms with van der Waals surface area (Å²) in [5.41, 5.74) is 4.50. The van der Waals surface area contributed by atoms with Crippen molar-refractivity contribution in [2.24, 2.45) is 0 Å². The molecule has 0 radical (unpaired) electrons. The Morgan fingerprint density at radius 2 is 1.00 bits per heavy atom. The molecule has 0 unspecified atom stereocenters. The predicted octanol–water partition coefficient (Wildman–Crippen LogP) is -2.28. The normalized spacial score (nSPS) is 9.14. The van der Waals surface area contributed by atoms with Crippen molar-refractivity contribution in [3.63, 3.8) is 0 Å². The number of nitrogens with one attached hydrogen (secondary N) is 1. The lowest BCUT2D eigenvalue weighted by Gasteiger charge is -1.91. The van der Waals surface area contributed by atoms with Gasteiger partial charge < -0.3 is 19.2 Å². The van der Waals surface area contributed by atoms with Crippen LogP contribution in [0.1, 0.15) is 0 Å². The lowest BCUT2D eigenvalue weighted by molar-refractivity contribution is 0.117. The topological polar surface area (TPSA) is 122 Å². The molecule has 0 aromatic carbocycles. The summed E-state index contributed by atoms with van der Waals surface area (Å²) in [6, 6.07) is 0. The van der Waals surface area contributed by atoms with Crippen molar-refractivity contribution in [2.75, 3.05) is 0 Å². The molecule has 0 aliphatic heterocycles.